The van der Waals surface area contributed by atoms with Gasteiger partial charge in [0.15, 0.2) is 86.4 Å². The molecule has 8 aliphatic rings. The molecule has 6 saturated heterocycles. The molecule has 135 heavy (non-hydrogen) atoms. The van der Waals surface area contributed by atoms with E-state index in [1.165, 1.54) is 0 Å². The Morgan fingerprint density at radius 3 is 0.941 bits per heavy atom. The van der Waals surface area contributed by atoms with Gasteiger partial charge < -0.3 is 100 Å². The van der Waals surface area contributed by atoms with Crippen molar-refractivity contribution >= 4 is 47.8 Å². The molecule has 69 heteroatoms. The second kappa shape index (κ2) is 52.4. The number of aliphatic hydroxyl groups is 2. The van der Waals surface area contributed by atoms with Gasteiger partial charge in [-0.25, -0.2) is 17.6 Å². The summed E-state index contributed by atoms with van der Waals surface area (Å²) >= 11 is 0. The molecule has 0 spiro atoms. The van der Waals surface area contributed by atoms with E-state index in [0.717, 1.165) is 69.2 Å². The molecule has 2 aliphatic carbocycles. The lowest BCUT2D eigenvalue weighted by Crippen LogP contribution is -2.64. The topological polar surface area (TPSA) is 938 Å². The van der Waals surface area contributed by atoms with Crippen LogP contribution in [-0.4, -0.2) is 304 Å². The summed E-state index contributed by atoms with van der Waals surface area (Å²) in [6, 6.07) is -13.2. The van der Waals surface area contributed by atoms with Crippen molar-refractivity contribution in [2.45, 2.75) is 329 Å². The Hall–Kier alpha value is -13.3. The first-order valence-corrected chi connectivity index (χ1v) is 40.2. The highest BCUT2D eigenvalue weighted by molar-refractivity contribution is 5.69. The van der Waals surface area contributed by atoms with Crippen LogP contribution in [0.25, 0.3) is 125 Å². The van der Waals surface area contributed by atoms with Crippen molar-refractivity contribution in [2.24, 2.45) is 73.2 Å². The summed E-state index contributed by atoms with van der Waals surface area (Å²) in [5.41, 5.74) is 109. The highest BCUT2D eigenvalue weighted by Gasteiger charge is 2.64. The summed E-state index contributed by atoms with van der Waals surface area (Å²) in [4.78, 5) is 128. The first-order chi connectivity index (χ1) is 64.1. The lowest BCUT2D eigenvalue weighted by molar-refractivity contribution is -0.321. The van der Waals surface area contributed by atoms with Crippen molar-refractivity contribution in [2.75, 3.05) is 26.2 Å². The van der Waals surface area contributed by atoms with Crippen LogP contribution in [0.5, 0.6) is 0 Å². The van der Waals surface area contributed by atoms with Gasteiger partial charge >= 0.3 is 47.8 Å². The van der Waals surface area contributed by atoms with Crippen LogP contribution in [0.2, 0.25) is 0 Å². The predicted molar refractivity (Wildman–Crippen MR) is 427 cm³/mol. The van der Waals surface area contributed by atoms with Crippen molar-refractivity contribution in [1.29, 1.82) is 0 Å². The van der Waals surface area contributed by atoms with Crippen molar-refractivity contribution < 1.29 is 156 Å². The molecule has 0 aromatic heterocycles. The molecule has 0 amide bonds. The van der Waals surface area contributed by atoms with E-state index < -0.39 is 306 Å². The largest absolute Gasteiger partial charge is 0.459 e. The van der Waals surface area contributed by atoms with Gasteiger partial charge in [0, 0.05) is 126 Å². The van der Waals surface area contributed by atoms with E-state index in [1.807, 2.05) is 0 Å². The van der Waals surface area contributed by atoms with E-state index in [0.29, 0.717) is 6.42 Å². The van der Waals surface area contributed by atoms with E-state index in [1.54, 1.807) is 13.8 Å². The second-order valence-electron chi connectivity index (χ2n) is 30.0. The molecule has 0 aromatic rings. The van der Waals surface area contributed by atoms with E-state index in [4.69, 9.17) is 134 Å². The number of hydrogen-bond donors (Lipinski definition) is 2. The quantitative estimate of drug-likeness (QED) is 0.0147. The number of carbonyl (C=O) groups excluding carboxylic acids is 8. The smallest absolute Gasteiger partial charge is 0.303 e. The third-order valence-electron chi connectivity index (χ3n) is 21.3. The summed E-state index contributed by atoms with van der Waals surface area (Å²) < 4.78 is 170. The number of aliphatic hydroxyl groups excluding tert-OH is 2. The molecule has 0 radical (unpaired) electrons. The molecule has 2 N–H and O–H groups in total. The van der Waals surface area contributed by atoms with Crippen LogP contribution in [0.3, 0.4) is 0 Å². The van der Waals surface area contributed by atoms with Gasteiger partial charge in [-0.15, -0.1) is 0 Å². The Labute approximate surface area is 755 Å². The molecular formula is C66H90F4N36O29. The maximum atomic E-state index is 16.0. The summed E-state index contributed by atoms with van der Waals surface area (Å²) in [7, 11) is 0. The SMILES string of the molecule is CC(=O)O[C@@H]1[C@@H](O)[C@H](O[C@H]2O[C@H](CN=[N+]=[N-])[C@@H](C)C(F)(F)[C@H]2N=[N+]=[N-])[C@@H](N=[N+]=[N-])C[C@H]1N=[N+]=[N-].CC[C@H]1OC(O)[C@H](OC(C)=O)[C@@H]1O[C@H]1O[C@@H](CN=[N+]=[N-])[C@@H](OC(C)=O)[C@H](OC(C)=O)[C@H]1N=[N+]=[N-].CC[C@H]1O[C@@H](O[C@@H]2[C@@H](OC(C)=O)[C@H](N=[N+]=[N-])C[C@H](N=[N+]=[N-])[C@H]2O[C@H]2O[C@H](CN=[N+]=[N-])[C@@H](C)C(F)(F)[C@H]2N=[N+]=[N-])[C@H](OC(C)=O)[C@@H]1O[C@H]1O[C@@H](CN=[N+]=[N-])[C@@H](OC(C)=O)[C@H](OC(C)=O)[C@H]1N=[N+]=[N-]. The number of halogens is 4. The molecule has 65 nitrogen and oxygen atoms in total. The molecule has 0 bridgehead atoms. The number of nitrogens with zero attached hydrogens (tertiary/aromatic N) is 36. The standard InChI is InChI=1S/C33H44F2N18O14.C18H26N6O10.C15H20F2N12O5/c1-7-18-24(66-30-21(46-52-40)26(60-14(5)56)25(59-13(4)55)20(64-30)10-43-49-37)28(61-15(6)57)31(62-18)67-27-22(58-12(3)54)16(44-50-38)8-17(45-51-39)23(27)65-32-29(47-53-41)33(34,35)11(2)19(63-32)9-42-48-36;1-5-10-13(16(17(28)32-10)31-9(4)27)34-18-12(22-24-20)15(30-8(3)26)14(29-7(2)25)11(33-18)6-21-23-19;1-5-9(4-22-26-18)33-14(13(25-29-21)15(5,16)17)34-12-8(24-28-20)3-7(23-27-19)11(10(12)31)32-6(2)30/h11,16-32H,7-10H2,1-6H3;10-18,28H,5-6H2,1-4H3;5,7-14,31H,3-4H2,1-2H3/t11-,16-,17+,18-,19-,20+,21-,22+,23-,24-,25-,26-,27-,28-,29+,30-,31+,32-;10-,11+,12-,13-,14-,15-,16-,17?,18-;5-,7-,8+,9-,10-,11+,12-,13+,14-/m111/s1. The third kappa shape index (κ3) is 28.9. The van der Waals surface area contributed by atoms with Crippen LogP contribution < -0.4 is 0 Å². The van der Waals surface area contributed by atoms with Crippen LogP contribution in [0.15, 0.2) is 61.4 Å². The first-order valence-electron chi connectivity index (χ1n) is 40.2. The average molecular weight is 1930 g/mol. The first kappa shape index (κ1) is 110. The summed E-state index contributed by atoms with van der Waals surface area (Å²) in [5, 5.41) is 62.5. The van der Waals surface area contributed by atoms with Crippen LogP contribution in [-0.2, 0) is 128 Å². The van der Waals surface area contributed by atoms with E-state index in [2.05, 4.69) is 120 Å². The van der Waals surface area contributed by atoms with Crippen LogP contribution in [0, 0.1) is 11.8 Å². The normalized spacial score (nSPS) is 35.9. The second-order valence-corrected chi connectivity index (χ2v) is 30.0. The number of rotatable bonds is 36. The molecule has 36 atom stereocenters. The highest BCUT2D eigenvalue weighted by Crippen LogP contribution is 2.48. The molecule has 0 aromatic carbocycles. The van der Waals surface area contributed by atoms with E-state index in [9.17, 15) is 70.7 Å². The van der Waals surface area contributed by atoms with Gasteiger partial charge in [-0.05, 0) is 92.1 Å². The minimum atomic E-state index is -3.91. The van der Waals surface area contributed by atoms with Crippen molar-refractivity contribution in [3.63, 3.8) is 0 Å². The summed E-state index contributed by atoms with van der Waals surface area (Å²) in [6.07, 6.45) is -40.6. The van der Waals surface area contributed by atoms with Gasteiger partial charge in [0.25, 0.3) is 11.8 Å². The fourth-order valence-electron chi connectivity index (χ4n) is 15.7. The Morgan fingerprint density at radius 1 is 0.304 bits per heavy atom. The van der Waals surface area contributed by atoms with Gasteiger partial charge in [0.2, 0.25) is 0 Å². The van der Waals surface area contributed by atoms with Gasteiger partial charge in [-0.1, -0.05) is 89.1 Å². The van der Waals surface area contributed by atoms with E-state index in [-0.39, 0.29) is 19.4 Å². The Bertz CT molecular complexity index is 4830. The Morgan fingerprint density at radius 2 is 0.578 bits per heavy atom. The van der Waals surface area contributed by atoms with Gasteiger partial charge in [0.1, 0.15) is 60.9 Å². The molecular weight excluding hydrogens is 1840 g/mol. The third-order valence-corrected chi connectivity index (χ3v) is 21.3. The van der Waals surface area contributed by atoms with Crippen LogP contribution >= 0.6 is 0 Å². The number of esters is 8. The lowest BCUT2D eigenvalue weighted by atomic mass is 9.83. The monoisotopic (exact) mass is 1930 g/mol. The fourth-order valence-corrected chi connectivity index (χ4v) is 15.7. The van der Waals surface area contributed by atoms with Gasteiger partial charge in [-0.3, -0.25) is 38.4 Å². The maximum absolute atomic E-state index is 16.0. The van der Waals surface area contributed by atoms with Gasteiger partial charge in [-0.2, -0.15) is 0 Å². The van der Waals surface area contributed by atoms with Crippen molar-refractivity contribution in [1.82, 2.24) is 0 Å². The Kier molecular flexibility index (Phi) is 42.8. The molecule has 6 aliphatic heterocycles. The number of alkyl halides is 4. The van der Waals surface area contributed by atoms with Gasteiger partial charge in [0.05, 0.1) is 87.0 Å². The predicted octanol–water partition coefficient (Wildman–Crippen LogP) is 9.88. The minimum absolute atomic E-state index is 0.00292. The zero-order valence-electron chi connectivity index (χ0n) is 73.0. The average Bonchev–Trinajstić information content (AvgIpc) is 1.73. The van der Waals surface area contributed by atoms with Crippen LogP contribution in [0.4, 0.5) is 17.6 Å². The number of azide groups is 12. The summed E-state index contributed by atoms with van der Waals surface area (Å²) in [6.45, 7) is 11.7. The number of ether oxygens (including phenoxy) is 19. The molecule has 2 saturated carbocycles. The van der Waals surface area contributed by atoms with Crippen molar-refractivity contribution in [3.05, 3.63) is 125 Å². The fraction of sp³-hybridized carbons (Fsp3) is 0.879. The lowest BCUT2D eigenvalue weighted by Gasteiger charge is -2.48. The molecule has 736 valence electrons. The summed E-state index contributed by atoms with van der Waals surface area (Å²) in [5.74, 6) is -17.8. The number of carbonyl (C=O) groups is 8. The van der Waals surface area contributed by atoms with E-state index >= 15 is 17.6 Å². The molecule has 1 unspecified atom stereocenters. The van der Waals surface area contributed by atoms with Crippen LogP contribution in [0.1, 0.15) is 109 Å². The van der Waals surface area contributed by atoms with Crippen molar-refractivity contribution in [3.8, 4) is 0 Å². The minimum Gasteiger partial charge on any atom is -0.459 e. The zero-order chi connectivity index (χ0) is 100. The zero-order valence-corrected chi connectivity index (χ0v) is 73.0. The number of hydrogen-bond acceptors (Lipinski definition) is 41. The molecule has 8 rings (SSSR count). The Balaban J connectivity index is 0.000000344. The molecule has 8 fully saturated rings. The maximum Gasteiger partial charge on any atom is 0.303 e. The molecule has 6 heterocycles. The highest BCUT2D eigenvalue weighted by atomic mass is 19.3.